The normalized spacial score (nSPS) is 9.15. The van der Waals surface area contributed by atoms with Crippen LogP contribution in [0.5, 0.6) is 5.75 Å². The topological polar surface area (TPSA) is 43.4 Å². The van der Waals surface area contributed by atoms with E-state index < -0.39 is 0 Å². The molecule has 0 spiro atoms. The molecule has 0 aliphatic carbocycles. The van der Waals surface area contributed by atoms with E-state index >= 15 is 0 Å². The molecule has 0 aliphatic heterocycles. The molecular formula is C15H12Cl2O3. The Labute approximate surface area is 127 Å². The highest BCUT2D eigenvalue weighted by Gasteiger charge is 2.01. The summed E-state index contributed by atoms with van der Waals surface area (Å²) in [6, 6.07) is 12.0. The van der Waals surface area contributed by atoms with Gasteiger partial charge < -0.3 is 4.74 Å². The van der Waals surface area contributed by atoms with Gasteiger partial charge in [-0.3, -0.25) is 9.59 Å². The first-order valence-electron chi connectivity index (χ1n) is 5.61. The predicted octanol–water partition coefficient (Wildman–Crippen LogP) is 4.31. The molecular weight excluding hydrogens is 299 g/mol. The second-order valence-electron chi connectivity index (χ2n) is 3.61. The van der Waals surface area contributed by atoms with Crippen LogP contribution >= 0.6 is 23.2 Å². The lowest BCUT2D eigenvalue weighted by Gasteiger charge is -1.99. The zero-order chi connectivity index (χ0) is 15.0. The zero-order valence-electron chi connectivity index (χ0n) is 10.7. The third-order valence-electron chi connectivity index (χ3n) is 2.38. The maximum Gasteiger partial charge on any atom is 0.153 e. The second-order valence-corrected chi connectivity index (χ2v) is 4.43. The fourth-order valence-electron chi connectivity index (χ4n) is 1.39. The first kappa shape index (κ1) is 16.2. The quantitative estimate of drug-likeness (QED) is 0.793. The van der Waals surface area contributed by atoms with Crippen LogP contribution in [0.3, 0.4) is 0 Å². The first-order valence-corrected chi connectivity index (χ1v) is 6.37. The largest absolute Gasteiger partial charge is 0.496 e. The molecule has 0 bridgehead atoms. The van der Waals surface area contributed by atoms with Gasteiger partial charge in [0.25, 0.3) is 0 Å². The van der Waals surface area contributed by atoms with Crippen LogP contribution in [0.4, 0.5) is 0 Å². The van der Waals surface area contributed by atoms with Crippen molar-refractivity contribution in [1.29, 1.82) is 0 Å². The molecule has 0 aromatic heterocycles. The summed E-state index contributed by atoms with van der Waals surface area (Å²) in [4.78, 5) is 20.6. The summed E-state index contributed by atoms with van der Waals surface area (Å²) in [6.45, 7) is 0. The number of halogens is 2. The molecule has 20 heavy (non-hydrogen) atoms. The first-order chi connectivity index (χ1) is 9.63. The minimum atomic E-state index is 0.353. The molecule has 0 saturated heterocycles. The molecule has 3 nitrogen and oxygen atoms in total. The van der Waals surface area contributed by atoms with Gasteiger partial charge in [0, 0.05) is 0 Å². The molecule has 0 aliphatic rings. The number of hydrogen-bond donors (Lipinski definition) is 0. The third-order valence-corrected chi connectivity index (χ3v) is 3.04. The van der Waals surface area contributed by atoms with Crippen molar-refractivity contribution in [3.8, 4) is 5.75 Å². The molecule has 0 fully saturated rings. The van der Waals surface area contributed by atoms with Crippen LogP contribution < -0.4 is 4.74 Å². The van der Waals surface area contributed by atoms with Crippen LogP contribution in [0.15, 0.2) is 42.5 Å². The molecule has 0 heterocycles. The van der Waals surface area contributed by atoms with Gasteiger partial charge in [-0.15, -0.1) is 0 Å². The van der Waals surface area contributed by atoms with Crippen molar-refractivity contribution >= 4 is 35.8 Å². The maximum atomic E-state index is 10.3. The molecule has 104 valence electrons. The fraction of sp³-hybridized carbons (Fsp3) is 0.0667. The number of rotatable bonds is 3. The minimum absolute atomic E-state index is 0.353. The van der Waals surface area contributed by atoms with Crippen molar-refractivity contribution in [3.63, 3.8) is 0 Å². The average Bonchev–Trinajstić information content (AvgIpc) is 2.48. The van der Waals surface area contributed by atoms with Crippen molar-refractivity contribution < 1.29 is 14.3 Å². The van der Waals surface area contributed by atoms with Gasteiger partial charge in [-0.1, -0.05) is 41.4 Å². The van der Waals surface area contributed by atoms with Gasteiger partial charge in [0.2, 0.25) is 0 Å². The highest BCUT2D eigenvalue weighted by atomic mass is 35.5. The number of hydrogen-bond acceptors (Lipinski definition) is 3. The van der Waals surface area contributed by atoms with Crippen molar-refractivity contribution in [2.45, 2.75) is 0 Å². The van der Waals surface area contributed by atoms with Gasteiger partial charge in [0.1, 0.15) is 5.75 Å². The van der Waals surface area contributed by atoms with E-state index in [1.54, 1.807) is 43.5 Å². The standard InChI is InChI=1S/C8H8O2.C7H4Cl2O/c1-10-8-5-3-2-4-7(8)6-9;8-6-2-1-3-7(9)5(6)4-10/h2-6H,1H3;1-4H. The van der Waals surface area contributed by atoms with Crippen molar-refractivity contribution in [3.05, 3.63) is 63.6 Å². The Bertz CT molecular complexity index is 577. The van der Waals surface area contributed by atoms with E-state index in [4.69, 9.17) is 27.9 Å². The Morgan fingerprint density at radius 2 is 1.50 bits per heavy atom. The number of carbonyl (C=O) groups excluding carboxylic acids is 2. The van der Waals surface area contributed by atoms with E-state index in [1.807, 2.05) is 6.07 Å². The smallest absolute Gasteiger partial charge is 0.153 e. The summed E-state index contributed by atoms with van der Waals surface area (Å²) >= 11 is 11.2. The lowest BCUT2D eigenvalue weighted by atomic mass is 10.2. The minimum Gasteiger partial charge on any atom is -0.496 e. The maximum absolute atomic E-state index is 10.3. The van der Waals surface area contributed by atoms with E-state index in [2.05, 4.69) is 0 Å². The number of methoxy groups -OCH3 is 1. The summed E-state index contributed by atoms with van der Waals surface area (Å²) in [5.41, 5.74) is 0.941. The molecule has 0 saturated carbocycles. The number of para-hydroxylation sites is 1. The summed E-state index contributed by atoms with van der Waals surface area (Å²) in [5.74, 6) is 0.623. The van der Waals surface area contributed by atoms with Gasteiger partial charge in [0.05, 0.1) is 28.3 Å². The average molecular weight is 311 g/mol. The molecule has 0 radical (unpaired) electrons. The third kappa shape index (κ3) is 4.37. The molecule has 0 atom stereocenters. The van der Waals surface area contributed by atoms with Crippen molar-refractivity contribution in [2.24, 2.45) is 0 Å². The van der Waals surface area contributed by atoms with Crippen LogP contribution in [0.2, 0.25) is 10.0 Å². The van der Waals surface area contributed by atoms with Gasteiger partial charge >= 0.3 is 0 Å². The van der Waals surface area contributed by atoms with E-state index in [1.165, 1.54) is 0 Å². The fourth-order valence-corrected chi connectivity index (χ4v) is 1.87. The van der Waals surface area contributed by atoms with Crippen LogP contribution in [-0.2, 0) is 0 Å². The Hall–Kier alpha value is -1.84. The number of benzene rings is 2. The molecule has 0 amide bonds. The molecule has 0 N–H and O–H groups in total. The number of aldehydes is 2. The Morgan fingerprint density at radius 3 is 1.90 bits per heavy atom. The summed E-state index contributed by atoms with van der Waals surface area (Å²) in [5, 5.41) is 0.782. The Morgan fingerprint density at radius 1 is 0.900 bits per heavy atom. The van der Waals surface area contributed by atoms with Gasteiger partial charge in [-0.05, 0) is 24.3 Å². The van der Waals surface area contributed by atoms with Crippen molar-refractivity contribution in [2.75, 3.05) is 7.11 Å². The highest BCUT2D eigenvalue weighted by molar-refractivity contribution is 6.38. The molecule has 2 aromatic carbocycles. The van der Waals surface area contributed by atoms with Crippen LogP contribution in [0.1, 0.15) is 20.7 Å². The lowest BCUT2D eigenvalue weighted by Crippen LogP contribution is -1.88. The van der Waals surface area contributed by atoms with Gasteiger partial charge in [0.15, 0.2) is 12.6 Å². The Kier molecular flexibility index (Phi) is 6.77. The summed E-state index contributed by atoms with van der Waals surface area (Å²) in [6.07, 6.45) is 1.42. The van der Waals surface area contributed by atoms with Gasteiger partial charge in [-0.2, -0.15) is 0 Å². The summed E-state index contributed by atoms with van der Waals surface area (Å²) < 4.78 is 4.90. The molecule has 5 heteroatoms. The zero-order valence-corrected chi connectivity index (χ0v) is 12.2. The van der Waals surface area contributed by atoms with Crippen molar-refractivity contribution in [1.82, 2.24) is 0 Å². The van der Waals surface area contributed by atoms with Crippen LogP contribution in [0, 0.1) is 0 Å². The van der Waals surface area contributed by atoms with Gasteiger partial charge in [-0.25, -0.2) is 0 Å². The van der Waals surface area contributed by atoms with E-state index in [9.17, 15) is 9.59 Å². The molecule has 0 unspecified atom stereocenters. The lowest BCUT2D eigenvalue weighted by molar-refractivity contribution is 0.111. The molecule has 2 rings (SSSR count). The second kappa shape index (κ2) is 8.35. The van der Waals surface area contributed by atoms with E-state index in [0.29, 0.717) is 33.2 Å². The number of ether oxygens (including phenoxy) is 1. The SMILES string of the molecule is COc1ccccc1C=O.O=Cc1c(Cl)cccc1Cl. The molecule has 2 aromatic rings. The number of carbonyl (C=O) groups is 2. The summed E-state index contributed by atoms with van der Waals surface area (Å²) in [7, 11) is 1.54. The highest BCUT2D eigenvalue weighted by Crippen LogP contribution is 2.21. The Balaban J connectivity index is 0.000000200. The monoisotopic (exact) mass is 310 g/mol. The van der Waals surface area contributed by atoms with Crippen LogP contribution in [-0.4, -0.2) is 19.7 Å². The van der Waals surface area contributed by atoms with E-state index in [-0.39, 0.29) is 0 Å². The van der Waals surface area contributed by atoms with Crippen LogP contribution in [0.25, 0.3) is 0 Å². The predicted molar refractivity (Wildman–Crippen MR) is 80.2 cm³/mol. The van der Waals surface area contributed by atoms with E-state index in [0.717, 1.165) is 6.29 Å².